The number of halogens is 3. The van der Waals surface area contributed by atoms with Crippen molar-refractivity contribution in [3.8, 4) is 11.1 Å². The van der Waals surface area contributed by atoms with Crippen LogP contribution in [0.25, 0.3) is 11.1 Å². The number of hydrogen-bond acceptors (Lipinski definition) is 5. The lowest BCUT2D eigenvalue weighted by Crippen LogP contribution is -2.46. The second-order valence-electron chi connectivity index (χ2n) is 8.48. The number of hydrogen-bond donors (Lipinski definition) is 1. The van der Waals surface area contributed by atoms with Crippen LogP contribution in [-0.2, 0) is 20.0 Å². The van der Waals surface area contributed by atoms with E-state index in [4.69, 9.17) is 41.8 Å². The van der Waals surface area contributed by atoms with Gasteiger partial charge in [0.25, 0.3) is 0 Å². The van der Waals surface area contributed by atoms with Crippen LogP contribution in [0.1, 0.15) is 36.8 Å². The van der Waals surface area contributed by atoms with Crippen LogP contribution in [0, 0.1) is 5.41 Å². The van der Waals surface area contributed by atoms with Crippen LogP contribution < -0.4 is 5.73 Å². The van der Waals surface area contributed by atoms with Gasteiger partial charge in [-0.25, -0.2) is 14.9 Å². The molecule has 2 spiro atoms. The highest BCUT2D eigenvalue weighted by Gasteiger charge is 2.63. The third-order valence-electron chi connectivity index (χ3n) is 6.80. The van der Waals surface area contributed by atoms with Crippen molar-refractivity contribution < 1.29 is 7.90 Å². The molecule has 2 aliphatic carbocycles. The molecule has 1 fully saturated rings. The third-order valence-corrected chi connectivity index (χ3v) is 7.95. The number of fused-ring (bicyclic) bond motifs is 3. The van der Waals surface area contributed by atoms with E-state index in [0.29, 0.717) is 16.0 Å². The minimum atomic E-state index is -0.810. The van der Waals surface area contributed by atoms with E-state index < -0.39 is 5.72 Å². The van der Waals surface area contributed by atoms with Crippen molar-refractivity contribution in [2.45, 2.75) is 43.9 Å². The normalized spacial score (nSPS) is 30.2. The predicted molar refractivity (Wildman–Crippen MR) is 128 cm³/mol. The van der Waals surface area contributed by atoms with Gasteiger partial charge in [0, 0.05) is 28.1 Å². The van der Waals surface area contributed by atoms with Crippen LogP contribution in [-0.4, -0.2) is 24.2 Å². The lowest BCUT2D eigenvalue weighted by atomic mass is 9.67. The first-order chi connectivity index (χ1) is 14.4. The molecule has 8 heteroatoms. The van der Waals surface area contributed by atoms with Crippen molar-refractivity contribution in [3.05, 3.63) is 57.6 Å². The van der Waals surface area contributed by atoms with Gasteiger partial charge in [-0.15, -0.1) is 0 Å². The predicted octanol–water partition coefficient (Wildman–Crippen LogP) is 5.86. The molecular formula is C22H22Cl2IN3O2. The number of hydroxylamine groups is 2. The van der Waals surface area contributed by atoms with Crippen molar-refractivity contribution >= 4 is 52.2 Å². The lowest BCUT2D eigenvalue weighted by molar-refractivity contribution is -0.230. The minimum absolute atomic E-state index is 0.138. The second kappa shape index (κ2) is 7.52. The number of nitrogens with two attached hydrogens (primary N) is 1. The highest BCUT2D eigenvalue weighted by molar-refractivity contribution is 14.1. The van der Waals surface area contributed by atoms with Gasteiger partial charge < -0.3 is 8.80 Å². The van der Waals surface area contributed by atoms with Gasteiger partial charge in [-0.3, -0.25) is 0 Å². The zero-order chi connectivity index (χ0) is 21.1. The molecular weight excluding hydrogens is 536 g/mol. The Morgan fingerprint density at radius 2 is 1.83 bits per heavy atom. The van der Waals surface area contributed by atoms with E-state index >= 15 is 0 Å². The van der Waals surface area contributed by atoms with E-state index in [2.05, 4.69) is 18.2 Å². The third kappa shape index (κ3) is 3.14. The van der Waals surface area contributed by atoms with Gasteiger partial charge in [0.15, 0.2) is 0 Å². The SMILES string of the molecule is CN1OC2(N=C1N)c1cc(-c3cc(Cl)cc(Cl)c3)ccc1CC21CCC(OI)CC1. The average Bonchev–Trinajstić information content (AvgIpc) is 3.15. The Morgan fingerprint density at radius 3 is 2.43 bits per heavy atom. The topological polar surface area (TPSA) is 60.1 Å². The summed E-state index contributed by atoms with van der Waals surface area (Å²) in [7, 11) is 1.82. The fourth-order valence-electron chi connectivity index (χ4n) is 5.29. The lowest BCUT2D eigenvalue weighted by Gasteiger charge is -2.44. The van der Waals surface area contributed by atoms with Gasteiger partial charge in [0.2, 0.25) is 11.7 Å². The summed E-state index contributed by atoms with van der Waals surface area (Å²) in [4.78, 5) is 11.4. The standard InChI is InChI=1S/C22H22Cl2IN3O2/c1-28-20(26)27-22(30-28)19-10-13(15-8-16(23)11-17(24)9-15)2-3-14(19)12-21(22)6-4-18(29-25)5-7-21/h2-3,8-11,18H,4-7,12H2,1H3,(H2,26,27). The van der Waals surface area contributed by atoms with Gasteiger partial charge in [-0.1, -0.05) is 35.3 Å². The number of aliphatic imine (C=N–C) groups is 1. The first kappa shape index (κ1) is 20.8. The molecule has 0 bridgehead atoms. The Bertz CT molecular complexity index is 1020. The highest BCUT2D eigenvalue weighted by Crippen LogP contribution is 2.62. The van der Waals surface area contributed by atoms with Crippen LogP contribution in [0.5, 0.6) is 0 Å². The number of benzene rings is 2. The Labute approximate surface area is 200 Å². The Morgan fingerprint density at radius 1 is 1.13 bits per heavy atom. The van der Waals surface area contributed by atoms with Crippen molar-refractivity contribution in [1.29, 1.82) is 0 Å². The maximum Gasteiger partial charge on any atom is 0.220 e. The molecule has 2 N–H and O–H groups in total. The first-order valence-corrected chi connectivity index (χ1v) is 11.6. The monoisotopic (exact) mass is 557 g/mol. The molecule has 1 heterocycles. The van der Waals surface area contributed by atoms with Crippen molar-refractivity contribution in [1.82, 2.24) is 5.06 Å². The summed E-state index contributed by atoms with van der Waals surface area (Å²) in [5.74, 6) is 0.408. The summed E-state index contributed by atoms with van der Waals surface area (Å²) in [6, 6.07) is 12.1. The molecule has 1 saturated carbocycles. The van der Waals surface area contributed by atoms with Crippen molar-refractivity contribution in [3.63, 3.8) is 0 Å². The summed E-state index contributed by atoms with van der Waals surface area (Å²) in [6.45, 7) is 0. The molecule has 0 aromatic heterocycles. The van der Waals surface area contributed by atoms with Gasteiger partial charge in [0.1, 0.15) is 23.0 Å². The van der Waals surface area contributed by atoms with E-state index in [1.54, 1.807) is 11.1 Å². The van der Waals surface area contributed by atoms with Crippen LogP contribution in [0.2, 0.25) is 10.0 Å². The van der Waals surface area contributed by atoms with Gasteiger partial charge in [0.05, 0.1) is 6.10 Å². The smallest absolute Gasteiger partial charge is 0.220 e. The second-order valence-corrected chi connectivity index (χ2v) is 9.86. The molecule has 2 aromatic rings. The van der Waals surface area contributed by atoms with Crippen LogP contribution in [0.15, 0.2) is 41.4 Å². The molecule has 1 unspecified atom stereocenters. The summed E-state index contributed by atoms with van der Waals surface area (Å²) < 4.78 is 5.60. The summed E-state index contributed by atoms with van der Waals surface area (Å²) >= 11 is 14.5. The highest BCUT2D eigenvalue weighted by atomic mass is 127. The maximum atomic E-state index is 6.46. The Hall–Kier alpha value is -1.06. The van der Waals surface area contributed by atoms with Crippen LogP contribution >= 0.6 is 46.2 Å². The summed E-state index contributed by atoms with van der Waals surface area (Å²) in [5, 5.41) is 2.82. The fraction of sp³-hybridized carbons (Fsp3) is 0.409. The zero-order valence-corrected chi connectivity index (χ0v) is 20.2. The molecule has 1 atom stereocenters. The average molecular weight is 558 g/mol. The van der Waals surface area contributed by atoms with E-state index in [9.17, 15) is 0 Å². The molecule has 2 aromatic carbocycles. The molecule has 5 rings (SSSR count). The molecule has 30 heavy (non-hydrogen) atoms. The van der Waals surface area contributed by atoms with Crippen molar-refractivity contribution in [2.75, 3.05) is 7.05 Å². The van der Waals surface area contributed by atoms with E-state index in [1.807, 2.05) is 42.2 Å². The van der Waals surface area contributed by atoms with Gasteiger partial charge in [-0.2, -0.15) is 0 Å². The molecule has 3 aliphatic rings. The minimum Gasteiger partial charge on any atom is -0.368 e. The molecule has 5 nitrogen and oxygen atoms in total. The first-order valence-electron chi connectivity index (χ1n) is 10.0. The van der Waals surface area contributed by atoms with Crippen LogP contribution in [0.4, 0.5) is 0 Å². The number of rotatable bonds is 2. The van der Waals surface area contributed by atoms with E-state index in [1.165, 1.54) is 5.56 Å². The molecule has 0 radical (unpaired) electrons. The van der Waals surface area contributed by atoms with E-state index in [-0.39, 0.29) is 11.5 Å². The van der Waals surface area contributed by atoms with Gasteiger partial charge in [-0.05, 0) is 73.1 Å². The molecule has 0 amide bonds. The Kier molecular flexibility index (Phi) is 5.22. The number of guanidine groups is 1. The molecule has 1 aliphatic heterocycles. The van der Waals surface area contributed by atoms with Crippen molar-refractivity contribution in [2.24, 2.45) is 16.1 Å². The fourth-order valence-corrected chi connectivity index (χ4v) is 6.32. The van der Waals surface area contributed by atoms with Crippen LogP contribution in [0.3, 0.4) is 0 Å². The summed E-state index contributed by atoms with van der Waals surface area (Å²) in [5.41, 5.74) is 9.60. The summed E-state index contributed by atoms with van der Waals surface area (Å²) in [6.07, 6.45) is 5.10. The number of nitrogens with zero attached hydrogens (tertiary/aromatic N) is 2. The quantitative estimate of drug-likeness (QED) is 0.470. The maximum absolute atomic E-state index is 6.46. The van der Waals surface area contributed by atoms with E-state index in [0.717, 1.165) is 48.8 Å². The zero-order valence-electron chi connectivity index (χ0n) is 16.5. The molecule has 0 saturated heterocycles. The molecule has 158 valence electrons. The largest absolute Gasteiger partial charge is 0.368 e. The Balaban J connectivity index is 1.63. The van der Waals surface area contributed by atoms with Gasteiger partial charge >= 0.3 is 0 Å².